The van der Waals surface area contributed by atoms with Crippen LogP contribution in [0.15, 0.2) is 24.3 Å². The van der Waals surface area contributed by atoms with Crippen LogP contribution in [0.4, 0.5) is 5.69 Å². The van der Waals surface area contributed by atoms with E-state index in [4.69, 9.17) is 0 Å². The third kappa shape index (κ3) is 3.59. The molecule has 0 bridgehead atoms. The molecule has 1 aliphatic rings. The number of likely N-dealkylation sites (N-methyl/N-ethyl adjacent to an activating group) is 1. The van der Waals surface area contributed by atoms with Crippen molar-refractivity contribution in [1.82, 2.24) is 20.8 Å². The van der Waals surface area contributed by atoms with Gasteiger partial charge in [-0.15, -0.1) is 0 Å². The van der Waals surface area contributed by atoms with Crippen LogP contribution in [0.3, 0.4) is 0 Å². The number of hydrogen-bond acceptors (Lipinski definition) is 4. The molecule has 0 unspecified atom stereocenters. The summed E-state index contributed by atoms with van der Waals surface area (Å²) in [6.45, 7) is 8.12. The second-order valence-electron chi connectivity index (χ2n) is 6.13. The summed E-state index contributed by atoms with van der Waals surface area (Å²) in [4.78, 5) is 14.7. The van der Waals surface area contributed by atoms with Crippen molar-refractivity contribution in [3.63, 3.8) is 0 Å². The number of hydrogen-bond donors (Lipinski definition) is 3. The fraction of sp³-hybridized carbons (Fsp3) is 0.444. The van der Waals surface area contributed by atoms with E-state index in [1.54, 1.807) is 0 Å². The molecule has 6 nitrogen and oxygen atoms in total. The molecule has 128 valence electrons. The van der Waals surface area contributed by atoms with Crippen LogP contribution in [-0.4, -0.2) is 42.3 Å². The number of benzene rings is 1. The number of rotatable bonds is 6. The van der Waals surface area contributed by atoms with E-state index in [0.29, 0.717) is 18.8 Å². The smallest absolute Gasteiger partial charge is 0.272 e. The lowest BCUT2D eigenvalue weighted by atomic mass is 10.1. The van der Waals surface area contributed by atoms with Crippen LogP contribution in [-0.2, 0) is 13.0 Å². The van der Waals surface area contributed by atoms with E-state index in [9.17, 15) is 4.79 Å². The van der Waals surface area contributed by atoms with E-state index in [1.165, 1.54) is 11.3 Å². The van der Waals surface area contributed by atoms with Gasteiger partial charge >= 0.3 is 0 Å². The number of carbonyl (C=O) groups excluding carboxylic acids is 1. The Morgan fingerprint density at radius 2 is 2.29 bits per heavy atom. The number of aromatic amines is 1. The topological polar surface area (TPSA) is 73.0 Å². The zero-order valence-electron chi connectivity index (χ0n) is 14.4. The van der Waals surface area contributed by atoms with Crippen LogP contribution in [0.5, 0.6) is 0 Å². The molecular weight excluding hydrogens is 302 g/mol. The van der Waals surface area contributed by atoms with Crippen molar-refractivity contribution in [3.05, 3.63) is 46.8 Å². The predicted octanol–water partition coefficient (Wildman–Crippen LogP) is 1.62. The van der Waals surface area contributed by atoms with E-state index in [2.05, 4.69) is 63.8 Å². The molecule has 1 aliphatic heterocycles. The summed E-state index contributed by atoms with van der Waals surface area (Å²) >= 11 is 0. The van der Waals surface area contributed by atoms with E-state index in [-0.39, 0.29) is 5.91 Å². The molecule has 0 saturated heterocycles. The van der Waals surface area contributed by atoms with Gasteiger partial charge in [0.2, 0.25) is 0 Å². The monoisotopic (exact) mass is 327 g/mol. The second kappa shape index (κ2) is 7.49. The van der Waals surface area contributed by atoms with E-state index in [0.717, 1.165) is 37.3 Å². The van der Waals surface area contributed by atoms with Gasteiger partial charge in [-0.25, -0.2) is 0 Å². The Balaban J connectivity index is 1.57. The summed E-state index contributed by atoms with van der Waals surface area (Å²) in [6.07, 6.45) is 0.895. The fourth-order valence-electron chi connectivity index (χ4n) is 3.10. The Hall–Kier alpha value is -2.34. The highest BCUT2D eigenvalue weighted by Gasteiger charge is 2.21. The molecule has 0 saturated carbocycles. The van der Waals surface area contributed by atoms with Crippen molar-refractivity contribution in [3.8, 4) is 0 Å². The number of amides is 1. The van der Waals surface area contributed by atoms with Crippen molar-refractivity contribution < 1.29 is 4.79 Å². The van der Waals surface area contributed by atoms with Crippen LogP contribution in [0.1, 0.15) is 34.2 Å². The molecule has 0 aliphatic carbocycles. The van der Waals surface area contributed by atoms with Gasteiger partial charge < -0.3 is 15.5 Å². The maximum Gasteiger partial charge on any atom is 0.272 e. The van der Waals surface area contributed by atoms with Crippen LogP contribution >= 0.6 is 0 Å². The molecule has 1 aromatic carbocycles. The average Bonchev–Trinajstić information content (AvgIpc) is 3.03. The maximum absolute atomic E-state index is 12.4. The van der Waals surface area contributed by atoms with Gasteiger partial charge in [0, 0.05) is 56.1 Å². The number of fused-ring (bicyclic) bond motifs is 1. The number of anilines is 1. The van der Waals surface area contributed by atoms with Crippen LogP contribution in [0, 0.1) is 6.92 Å². The molecule has 24 heavy (non-hydrogen) atoms. The Bertz CT molecular complexity index is 709. The first-order chi connectivity index (χ1) is 11.7. The van der Waals surface area contributed by atoms with E-state index < -0.39 is 0 Å². The number of nitrogens with one attached hydrogen (secondary N) is 3. The number of carbonyl (C=O) groups is 1. The summed E-state index contributed by atoms with van der Waals surface area (Å²) in [5, 5.41) is 13.5. The van der Waals surface area contributed by atoms with Gasteiger partial charge in [-0.05, 0) is 31.5 Å². The summed E-state index contributed by atoms with van der Waals surface area (Å²) < 4.78 is 0. The molecular formula is C18H25N5O. The van der Waals surface area contributed by atoms with Crippen molar-refractivity contribution in [1.29, 1.82) is 0 Å². The SMILES string of the molecule is CCN(CCNC(=O)c1n[nH]c2c1CNCC2)c1cccc(C)c1. The number of aryl methyl sites for hydroxylation is 1. The van der Waals surface area contributed by atoms with Crippen molar-refractivity contribution in [2.24, 2.45) is 0 Å². The van der Waals surface area contributed by atoms with Gasteiger partial charge in [0.05, 0.1) is 0 Å². The van der Waals surface area contributed by atoms with Crippen molar-refractivity contribution in [2.45, 2.75) is 26.8 Å². The first-order valence-electron chi connectivity index (χ1n) is 8.55. The molecule has 2 aromatic rings. The molecule has 2 heterocycles. The molecule has 3 N–H and O–H groups in total. The molecule has 1 aromatic heterocycles. The molecule has 0 fully saturated rings. The van der Waals surface area contributed by atoms with E-state index in [1.807, 2.05) is 0 Å². The zero-order chi connectivity index (χ0) is 16.9. The van der Waals surface area contributed by atoms with Gasteiger partial charge in [0.15, 0.2) is 5.69 Å². The molecule has 3 rings (SSSR count). The third-order valence-electron chi connectivity index (χ3n) is 4.44. The number of aromatic nitrogens is 2. The Kier molecular flexibility index (Phi) is 5.15. The Morgan fingerprint density at radius 3 is 3.08 bits per heavy atom. The second-order valence-corrected chi connectivity index (χ2v) is 6.13. The lowest BCUT2D eigenvalue weighted by Gasteiger charge is -2.23. The highest BCUT2D eigenvalue weighted by atomic mass is 16.1. The molecule has 1 amide bonds. The summed E-state index contributed by atoms with van der Waals surface area (Å²) in [5.41, 5.74) is 5.04. The summed E-state index contributed by atoms with van der Waals surface area (Å²) in [7, 11) is 0. The first kappa shape index (κ1) is 16.5. The van der Waals surface area contributed by atoms with Gasteiger partial charge in [-0.1, -0.05) is 12.1 Å². The Morgan fingerprint density at radius 1 is 1.42 bits per heavy atom. The fourth-order valence-corrected chi connectivity index (χ4v) is 3.10. The van der Waals surface area contributed by atoms with Gasteiger partial charge in [-0.3, -0.25) is 9.89 Å². The standard InChI is InChI=1S/C18H25N5O/c1-3-23(14-6-4-5-13(2)11-14)10-9-20-18(24)17-15-12-19-8-7-16(15)21-22-17/h4-6,11,19H,3,7-10,12H2,1-2H3,(H,20,24)(H,21,22). The average molecular weight is 327 g/mol. The van der Waals surface area contributed by atoms with Crippen LogP contribution < -0.4 is 15.5 Å². The largest absolute Gasteiger partial charge is 0.370 e. The van der Waals surface area contributed by atoms with Crippen LogP contribution in [0.25, 0.3) is 0 Å². The lowest BCUT2D eigenvalue weighted by molar-refractivity contribution is 0.0948. The number of nitrogens with zero attached hydrogens (tertiary/aromatic N) is 2. The van der Waals surface area contributed by atoms with Gasteiger partial charge in [-0.2, -0.15) is 5.10 Å². The Labute approximate surface area is 142 Å². The highest BCUT2D eigenvalue weighted by molar-refractivity contribution is 5.94. The van der Waals surface area contributed by atoms with Crippen molar-refractivity contribution >= 4 is 11.6 Å². The predicted molar refractivity (Wildman–Crippen MR) is 95.4 cm³/mol. The summed E-state index contributed by atoms with van der Waals surface area (Å²) in [5.74, 6) is -0.100. The minimum atomic E-state index is -0.100. The molecule has 0 atom stereocenters. The molecule has 6 heteroatoms. The maximum atomic E-state index is 12.4. The molecule has 0 spiro atoms. The minimum absolute atomic E-state index is 0.100. The van der Waals surface area contributed by atoms with E-state index >= 15 is 0 Å². The first-order valence-corrected chi connectivity index (χ1v) is 8.55. The quantitative estimate of drug-likeness (QED) is 0.754. The van der Waals surface area contributed by atoms with Crippen LogP contribution in [0.2, 0.25) is 0 Å². The number of H-pyrrole nitrogens is 1. The molecule has 0 radical (unpaired) electrons. The lowest BCUT2D eigenvalue weighted by Crippen LogP contribution is -2.36. The highest BCUT2D eigenvalue weighted by Crippen LogP contribution is 2.16. The minimum Gasteiger partial charge on any atom is -0.370 e. The summed E-state index contributed by atoms with van der Waals surface area (Å²) in [6, 6.07) is 8.43. The van der Waals surface area contributed by atoms with Gasteiger partial charge in [0.1, 0.15) is 0 Å². The van der Waals surface area contributed by atoms with Crippen molar-refractivity contribution in [2.75, 3.05) is 31.1 Å². The normalized spacial score (nSPS) is 13.4. The third-order valence-corrected chi connectivity index (χ3v) is 4.44. The zero-order valence-corrected chi connectivity index (χ0v) is 14.4. The van der Waals surface area contributed by atoms with Gasteiger partial charge in [0.25, 0.3) is 5.91 Å².